The van der Waals surface area contributed by atoms with Gasteiger partial charge in [-0.2, -0.15) is 5.10 Å². The first-order valence-corrected chi connectivity index (χ1v) is 6.90. The van der Waals surface area contributed by atoms with Crippen LogP contribution in [0.15, 0.2) is 52.9 Å². The molecule has 0 aliphatic rings. The van der Waals surface area contributed by atoms with Crippen LogP contribution in [0.25, 0.3) is 10.9 Å². The molecule has 0 spiro atoms. The molecule has 0 amide bonds. The van der Waals surface area contributed by atoms with E-state index in [4.69, 9.17) is 0 Å². The largest absolute Gasteiger partial charge is 0.261 e. The minimum Gasteiger partial charge on any atom is -0.261 e. The average molecular weight is 267 g/mol. The smallest absolute Gasteiger partial charge is 0.146 e. The maximum Gasteiger partial charge on any atom is 0.146 e. The predicted octanol–water partition coefficient (Wildman–Crippen LogP) is 4.05. The third-order valence-corrected chi connectivity index (χ3v) is 3.81. The van der Waals surface area contributed by atoms with Crippen molar-refractivity contribution in [3.63, 3.8) is 0 Å². The van der Waals surface area contributed by atoms with E-state index in [-0.39, 0.29) is 0 Å². The lowest BCUT2D eigenvalue weighted by Gasteiger charge is -2.01. The fraction of sp³-hybridized carbons (Fsp3) is 0.0667. The maximum atomic E-state index is 4.50. The quantitative estimate of drug-likeness (QED) is 0.574. The van der Waals surface area contributed by atoms with Crippen LogP contribution < -0.4 is 5.43 Å². The van der Waals surface area contributed by atoms with Crippen molar-refractivity contribution in [1.82, 2.24) is 4.98 Å². The second kappa shape index (κ2) is 5.20. The van der Waals surface area contributed by atoms with Crippen molar-refractivity contribution < 1.29 is 0 Å². The van der Waals surface area contributed by atoms with Crippen LogP contribution in [0.3, 0.4) is 0 Å². The van der Waals surface area contributed by atoms with Gasteiger partial charge in [0.05, 0.1) is 11.7 Å². The van der Waals surface area contributed by atoms with Gasteiger partial charge in [0.1, 0.15) is 5.82 Å². The number of benzene rings is 1. The number of aryl methyl sites for hydroxylation is 1. The van der Waals surface area contributed by atoms with Crippen molar-refractivity contribution in [2.45, 2.75) is 6.92 Å². The van der Waals surface area contributed by atoms with Gasteiger partial charge in [-0.3, -0.25) is 5.43 Å². The number of rotatable bonds is 3. The van der Waals surface area contributed by atoms with Crippen LogP contribution in [-0.4, -0.2) is 11.2 Å². The summed E-state index contributed by atoms with van der Waals surface area (Å²) in [5.41, 5.74) is 5.17. The first kappa shape index (κ1) is 11.9. The number of hydrogen-bond donors (Lipinski definition) is 1. The molecule has 1 aromatic carbocycles. The zero-order valence-electron chi connectivity index (χ0n) is 10.5. The normalized spacial score (nSPS) is 11.2. The SMILES string of the molecule is Cc1ccsc1/C=N\Nc1ccc2ccccc2n1. The lowest BCUT2D eigenvalue weighted by Crippen LogP contribution is -1.93. The number of pyridine rings is 1. The van der Waals surface area contributed by atoms with Crippen LogP contribution >= 0.6 is 11.3 Å². The molecule has 0 aliphatic heterocycles. The van der Waals surface area contributed by atoms with E-state index in [1.807, 2.05) is 42.6 Å². The molecule has 3 aromatic rings. The molecule has 0 radical (unpaired) electrons. The second-order valence-corrected chi connectivity index (χ2v) is 5.17. The van der Waals surface area contributed by atoms with Gasteiger partial charge < -0.3 is 0 Å². The standard InChI is InChI=1S/C15H13N3S/c1-11-8-9-19-14(11)10-16-18-15-7-6-12-4-2-3-5-13(12)17-15/h2-10H,1H3,(H,17,18)/b16-10-. The summed E-state index contributed by atoms with van der Waals surface area (Å²) in [6.45, 7) is 2.08. The van der Waals surface area contributed by atoms with Crippen molar-refractivity contribution in [2.75, 3.05) is 5.43 Å². The van der Waals surface area contributed by atoms with E-state index in [1.165, 1.54) is 5.56 Å². The summed E-state index contributed by atoms with van der Waals surface area (Å²) in [5.74, 6) is 0.754. The van der Waals surface area contributed by atoms with Crippen LogP contribution in [0.4, 0.5) is 5.82 Å². The van der Waals surface area contributed by atoms with Gasteiger partial charge in [-0.15, -0.1) is 11.3 Å². The van der Waals surface area contributed by atoms with Gasteiger partial charge in [0.2, 0.25) is 0 Å². The highest BCUT2D eigenvalue weighted by Gasteiger charge is 1.97. The number of nitrogens with one attached hydrogen (secondary N) is 1. The summed E-state index contributed by atoms with van der Waals surface area (Å²) in [6, 6.07) is 14.1. The first-order valence-electron chi connectivity index (χ1n) is 6.02. The lowest BCUT2D eigenvalue weighted by molar-refractivity contribution is 1.26. The number of thiophene rings is 1. The zero-order valence-corrected chi connectivity index (χ0v) is 11.3. The van der Waals surface area contributed by atoms with E-state index in [0.717, 1.165) is 21.6 Å². The van der Waals surface area contributed by atoms with Crippen molar-refractivity contribution in [2.24, 2.45) is 5.10 Å². The Balaban J connectivity index is 1.78. The second-order valence-electron chi connectivity index (χ2n) is 4.23. The van der Waals surface area contributed by atoms with E-state index in [0.29, 0.717) is 0 Å². The number of para-hydroxylation sites is 1. The summed E-state index contributed by atoms with van der Waals surface area (Å²) in [5, 5.41) is 7.42. The van der Waals surface area contributed by atoms with Gasteiger partial charge in [-0.1, -0.05) is 18.2 Å². The molecule has 4 heteroatoms. The molecule has 1 N–H and O–H groups in total. The van der Waals surface area contributed by atoms with E-state index in [1.54, 1.807) is 11.3 Å². The first-order chi connectivity index (χ1) is 9.33. The van der Waals surface area contributed by atoms with Gasteiger partial charge in [0.15, 0.2) is 0 Å². The fourth-order valence-corrected chi connectivity index (χ4v) is 2.59. The third-order valence-electron chi connectivity index (χ3n) is 2.86. The predicted molar refractivity (Wildman–Crippen MR) is 82.0 cm³/mol. The molecule has 0 unspecified atom stereocenters. The molecule has 0 fully saturated rings. The monoisotopic (exact) mass is 267 g/mol. The van der Waals surface area contributed by atoms with E-state index >= 15 is 0 Å². The van der Waals surface area contributed by atoms with Gasteiger partial charge in [-0.25, -0.2) is 4.98 Å². The van der Waals surface area contributed by atoms with Gasteiger partial charge >= 0.3 is 0 Å². The van der Waals surface area contributed by atoms with Crippen molar-refractivity contribution in [3.05, 3.63) is 58.3 Å². The van der Waals surface area contributed by atoms with Gasteiger partial charge in [0.25, 0.3) is 0 Å². The van der Waals surface area contributed by atoms with Crippen LogP contribution in [0.1, 0.15) is 10.4 Å². The summed E-state index contributed by atoms with van der Waals surface area (Å²) >= 11 is 1.68. The Hall–Kier alpha value is -2.20. The summed E-state index contributed by atoms with van der Waals surface area (Å²) in [6.07, 6.45) is 1.83. The number of fused-ring (bicyclic) bond motifs is 1. The zero-order chi connectivity index (χ0) is 13.1. The Morgan fingerprint density at radius 3 is 2.89 bits per heavy atom. The summed E-state index contributed by atoms with van der Waals surface area (Å²) in [4.78, 5) is 5.66. The minimum atomic E-state index is 0.754. The molecular weight excluding hydrogens is 254 g/mol. The summed E-state index contributed by atoms with van der Waals surface area (Å²) < 4.78 is 0. The van der Waals surface area contributed by atoms with E-state index in [2.05, 4.69) is 33.9 Å². The molecule has 2 aromatic heterocycles. The van der Waals surface area contributed by atoms with Crippen LogP contribution in [0.2, 0.25) is 0 Å². The van der Waals surface area contributed by atoms with Crippen molar-refractivity contribution in [3.8, 4) is 0 Å². The maximum absolute atomic E-state index is 4.50. The van der Waals surface area contributed by atoms with Crippen LogP contribution in [0, 0.1) is 6.92 Å². The third kappa shape index (κ3) is 2.63. The number of hydrogen-bond acceptors (Lipinski definition) is 4. The Labute approximate surface area is 115 Å². The number of hydrazone groups is 1. The molecule has 0 saturated carbocycles. The molecule has 94 valence electrons. The molecule has 3 nitrogen and oxygen atoms in total. The fourth-order valence-electron chi connectivity index (χ4n) is 1.80. The van der Waals surface area contributed by atoms with E-state index < -0.39 is 0 Å². The highest BCUT2D eigenvalue weighted by Crippen LogP contribution is 2.15. The van der Waals surface area contributed by atoms with Crippen LogP contribution in [-0.2, 0) is 0 Å². The molecular formula is C15H13N3S. The number of aromatic nitrogens is 1. The highest BCUT2D eigenvalue weighted by molar-refractivity contribution is 7.11. The van der Waals surface area contributed by atoms with Crippen LogP contribution in [0.5, 0.6) is 0 Å². The highest BCUT2D eigenvalue weighted by atomic mass is 32.1. The average Bonchev–Trinajstić information content (AvgIpc) is 2.84. The molecule has 0 atom stereocenters. The lowest BCUT2D eigenvalue weighted by atomic mass is 10.2. The Bertz CT molecular complexity index is 731. The molecule has 3 rings (SSSR count). The molecule has 0 bridgehead atoms. The van der Waals surface area contributed by atoms with Gasteiger partial charge in [0, 0.05) is 10.3 Å². The van der Waals surface area contributed by atoms with Crippen molar-refractivity contribution in [1.29, 1.82) is 0 Å². The van der Waals surface area contributed by atoms with E-state index in [9.17, 15) is 0 Å². The number of anilines is 1. The van der Waals surface area contributed by atoms with Crippen molar-refractivity contribution >= 4 is 34.3 Å². The summed E-state index contributed by atoms with van der Waals surface area (Å²) in [7, 11) is 0. The minimum absolute atomic E-state index is 0.754. The Kier molecular flexibility index (Phi) is 3.25. The Morgan fingerprint density at radius 2 is 2.05 bits per heavy atom. The Morgan fingerprint density at radius 1 is 1.16 bits per heavy atom. The van der Waals surface area contributed by atoms with Gasteiger partial charge in [-0.05, 0) is 42.1 Å². The number of nitrogens with zero attached hydrogens (tertiary/aromatic N) is 2. The molecule has 0 aliphatic carbocycles. The molecule has 0 saturated heterocycles. The molecule has 19 heavy (non-hydrogen) atoms. The molecule has 2 heterocycles. The topological polar surface area (TPSA) is 37.3 Å².